The van der Waals surface area contributed by atoms with E-state index in [1.165, 1.54) is 0 Å². The zero-order valence-corrected chi connectivity index (χ0v) is 11.0. The first-order valence-electron chi connectivity index (χ1n) is 5.48. The largest absolute Gasteiger partial charge is 0.496 e. The van der Waals surface area contributed by atoms with Gasteiger partial charge in [-0.1, -0.05) is 18.5 Å². The molecule has 1 aromatic carbocycles. The Balaban J connectivity index is 3.08. The second kappa shape index (κ2) is 5.41. The standard InChI is InChI=1S/C13H17ClO3/c1-4-13(2,12(15)16)8-9-7-10(14)5-6-11(9)17-3/h5-7H,4,8H2,1-3H3,(H,15,16). The van der Waals surface area contributed by atoms with Gasteiger partial charge in [-0.2, -0.15) is 0 Å². The maximum Gasteiger partial charge on any atom is 0.309 e. The van der Waals surface area contributed by atoms with Gasteiger partial charge in [-0.05, 0) is 43.5 Å². The second-order valence-corrected chi connectivity index (χ2v) is 4.79. The first kappa shape index (κ1) is 13.8. The van der Waals surface area contributed by atoms with E-state index in [0.717, 1.165) is 5.56 Å². The molecule has 0 amide bonds. The normalized spacial score (nSPS) is 14.1. The monoisotopic (exact) mass is 256 g/mol. The minimum absolute atomic E-state index is 0.405. The molecule has 0 aliphatic rings. The van der Waals surface area contributed by atoms with Crippen molar-refractivity contribution in [1.29, 1.82) is 0 Å². The molecule has 4 heteroatoms. The highest BCUT2D eigenvalue weighted by atomic mass is 35.5. The zero-order valence-electron chi connectivity index (χ0n) is 10.3. The Morgan fingerprint density at radius 2 is 2.18 bits per heavy atom. The molecule has 0 fully saturated rings. The maximum absolute atomic E-state index is 11.3. The molecule has 0 aliphatic carbocycles. The third kappa shape index (κ3) is 3.13. The van der Waals surface area contributed by atoms with Gasteiger partial charge < -0.3 is 9.84 Å². The molecule has 0 aliphatic heterocycles. The van der Waals surface area contributed by atoms with Crippen LogP contribution in [0, 0.1) is 5.41 Å². The lowest BCUT2D eigenvalue weighted by Crippen LogP contribution is -2.29. The van der Waals surface area contributed by atoms with Crippen LogP contribution >= 0.6 is 11.6 Å². The molecule has 17 heavy (non-hydrogen) atoms. The lowest BCUT2D eigenvalue weighted by Gasteiger charge is -2.24. The van der Waals surface area contributed by atoms with Crippen molar-refractivity contribution in [2.24, 2.45) is 5.41 Å². The van der Waals surface area contributed by atoms with Crippen molar-refractivity contribution in [3.8, 4) is 5.75 Å². The van der Waals surface area contributed by atoms with Crippen LogP contribution in [0.3, 0.4) is 0 Å². The number of hydrogen-bond acceptors (Lipinski definition) is 2. The van der Waals surface area contributed by atoms with Crippen LogP contribution in [0.1, 0.15) is 25.8 Å². The van der Waals surface area contributed by atoms with Crippen LogP contribution in [0.25, 0.3) is 0 Å². The zero-order chi connectivity index (χ0) is 13.1. The minimum Gasteiger partial charge on any atom is -0.496 e. The van der Waals surface area contributed by atoms with Crippen molar-refractivity contribution in [1.82, 2.24) is 0 Å². The molecule has 0 heterocycles. The van der Waals surface area contributed by atoms with Crippen molar-refractivity contribution < 1.29 is 14.6 Å². The van der Waals surface area contributed by atoms with Gasteiger partial charge in [0.1, 0.15) is 5.75 Å². The van der Waals surface area contributed by atoms with Crippen LogP contribution in [0.2, 0.25) is 5.02 Å². The molecule has 1 unspecified atom stereocenters. The molecular formula is C13H17ClO3. The Morgan fingerprint density at radius 1 is 1.53 bits per heavy atom. The number of carboxylic acids is 1. The Hall–Kier alpha value is -1.22. The fourth-order valence-corrected chi connectivity index (χ4v) is 1.85. The SMILES string of the molecule is CCC(C)(Cc1cc(Cl)ccc1OC)C(=O)O. The van der Waals surface area contributed by atoms with Crippen LogP contribution in [-0.2, 0) is 11.2 Å². The van der Waals surface area contributed by atoms with Gasteiger partial charge in [-0.3, -0.25) is 4.79 Å². The number of methoxy groups -OCH3 is 1. The number of carbonyl (C=O) groups is 1. The van der Waals surface area contributed by atoms with Gasteiger partial charge in [-0.25, -0.2) is 0 Å². The maximum atomic E-state index is 11.3. The number of aliphatic carboxylic acids is 1. The van der Waals surface area contributed by atoms with Gasteiger partial charge in [-0.15, -0.1) is 0 Å². The van der Waals surface area contributed by atoms with Gasteiger partial charge in [0, 0.05) is 5.02 Å². The number of benzene rings is 1. The molecule has 1 rings (SSSR count). The van der Waals surface area contributed by atoms with Crippen molar-refractivity contribution in [2.75, 3.05) is 7.11 Å². The van der Waals surface area contributed by atoms with Crippen LogP contribution in [0.15, 0.2) is 18.2 Å². The van der Waals surface area contributed by atoms with E-state index in [4.69, 9.17) is 16.3 Å². The van der Waals surface area contributed by atoms with E-state index in [0.29, 0.717) is 23.6 Å². The molecule has 0 radical (unpaired) electrons. The quantitative estimate of drug-likeness (QED) is 0.878. The third-order valence-electron chi connectivity index (χ3n) is 3.12. The van der Waals surface area contributed by atoms with E-state index in [1.807, 2.05) is 6.92 Å². The fourth-order valence-electron chi connectivity index (χ4n) is 1.66. The minimum atomic E-state index is -0.804. The highest BCUT2D eigenvalue weighted by molar-refractivity contribution is 6.30. The van der Waals surface area contributed by atoms with Crippen molar-refractivity contribution in [2.45, 2.75) is 26.7 Å². The van der Waals surface area contributed by atoms with E-state index >= 15 is 0 Å². The molecule has 1 N–H and O–H groups in total. The summed E-state index contributed by atoms with van der Waals surface area (Å²) in [6.07, 6.45) is 0.959. The molecule has 0 saturated heterocycles. The highest BCUT2D eigenvalue weighted by Crippen LogP contribution is 2.32. The summed E-state index contributed by atoms with van der Waals surface area (Å²) in [5.41, 5.74) is 0.0320. The van der Waals surface area contributed by atoms with E-state index in [1.54, 1.807) is 32.2 Å². The van der Waals surface area contributed by atoms with Gasteiger partial charge in [0.25, 0.3) is 0 Å². The summed E-state index contributed by atoms with van der Waals surface area (Å²) in [6.45, 7) is 3.60. The predicted octanol–water partition coefficient (Wildman–Crippen LogP) is 3.39. The Bertz CT molecular complexity index is 417. The molecule has 0 aromatic heterocycles. The number of halogens is 1. The molecular weight excluding hydrogens is 240 g/mol. The number of carboxylic acid groups (broad SMARTS) is 1. The summed E-state index contributed by atoms with van der Waals surface area (Å²) in [6, 6.07) is 5.25. The topological polar surface area (TPSA) is 46.5 Å². The molecule has 1 aromatic rings. The van der Waals surface area contributed by atoms with Crippen LogP contribution in [0.4, 0.5) is 0 Å². The summed E-state index contributed by atoms with van der Waals surface area (Å²) in [5.74, 6) is -0.127. The van der Waals surface area contributed by atoms with E-state index < -0.39 is 11.4 Å². The van der Waals surface area contributed by atoms with Crippen molar-refractivity contribution >= 4 is 17.6 Å². The Morgan fingerprint density at radius 3 is 2.65 bits per heavy atom. The summed E-state index contributed by atoms with van der Waals surface area (Å²) >= 11 is 5.92. The number of hydrogen-bond donors (Lipinski definition) is 1. The fraction of sp³-hybridized carbons (Fsp3) is 0.462. The molecule has 3 nitrogen and oxygen atoms in total. The third-order valence-corrected chi connectivity index (χ3v) is 3.35. The van der Waals surface area contributed by atoms with Crippen LogP contribution < -0.4 is 4.74 Å². The van der Waals surface area contributed by atoms with Crippen molar-refractivity contribution in [3.63, 3.8) is 0 Å². The smallest absolute Gasteiger partial charge is 0.309 e. The van der Waals surface area contributed by atoms with Gasteiger partial charge in [0.2, 0.25) is 0 Å². The average molecular weight is 257 g/mol. The molecule has 0 bridgehead atoms. The van der Waals surface area contributed by atoms with E-state index in [2.05, 4.69) is 0 Å². The first-order valence-corrected chi connectivity index (χ1v) is 5.86. The summed E-state index contributed by atoms with van der Waals surface area (Å²) in [7, 11) is 1.57. The first-order chi connectivity index (χ1) is 7.92. The predicted molar refractivity (Wildman–Crippen MR) is 67.7 cm³/mol. The van der Waals surface area contributed by atoms with Gasteiger partial charge >= 0.3 is 5.97 Å². The lowest BCUT2D eigenvalue weighted by atomic mass is 9.81. The average Bonchev–Trinajstić information content (AvgIpc) is 2.29. The summed E-state index contributed by atoms with van der Waals surface area (Å²) < 4.78 is 5.22. The van der Waals surface area contributed by atoms with Crippen LogP contribution in [-0.4, -0.2) is 18.2 Å². The van der Waals surface area contributed by atoms with Gasteiger partial charge in [0.15, 0.2) is 0 Å². The molecule has 1 atom stereocenters. The molecule has 0 spiro atoms. The van der Waals surface area contributed by atoms with Crippen molar-refractivity contribution in [3.05, 3.63) is 28.8 Å². The van der Waals surface area contributed by atoms with Gasteiger partial charge in [0.05, 0.1) is 12.5 Å². The lowest BCUT2D eigenvalue weighted by molar-refractivity contribution is -0.148. The molecule has 0 saturated carbocycles. The summed E-state index contributed by atoms with van der Waals surface area (Å²) in [4.78, 5) is 11.3. The number of rotatable bonds is 5. The Kier molecular flexibility index (Phi) is 4.40. The molecule has 94 valence electrons. The van der Waals surface area contributed by atoms with E-state index in [-0.39, 0.29) is 0 Å². The summed E-state index contributed by atoms with van der Waals surface area (Å²) in [5, 5.41) is 9.84. The number of ether oxygens (including phenoxy) is 1. The Labute approximate surface area is 106 Å². The second-order valence-electron chi connectivity index (χ2n) is 4.35. The highest BCUT2D eigenvalue weighted by Gasteiger charge is 2.32. The van der Waals surface area contributed by atoms with Crippen LogP contribution in [0.5, 0.6) is 5.75 Å². The van der Waals surface area contributed by atoms with E-state index in [9.17, 15) is 9.90 Å².